The van der Waals surface area contributed by atoms with E-state index in [4.69, 9.17) is 5.11 Å². The monoisotopic (exact) mass is 221 g/mol. The van der Waals surface area contributed by atoms with Gasteiger partial charge in [0.15, 0.2) is 5.78 Å². The average molecular weight is 221 g/mol. The van der Waals surface area contributed by atoms with Crippen LogP contribution in [-0.2, 0) is 6.54 Å². The Bertz CT molecular complexity index is 455. The number of hydrogen-bond acceptors (Lipinski definition) is 2. The Morgan fingerprint density at radius 3 is 2.56 bits per heavy atom. The number of rotatable bonds is 4. The summed E-state index contributed by atoms with van der Waals surface area (Å²) in [4.78, 5) is 22.2. The maximum absolute atomic E-state index is 11.2. The molecule has 1 aromatic rings. The third-order valence-electron chi connectivity index (χ3n) is 3.18. The number of carbonyl (C=O) groups is 2. The van der Waals surface area contributed by atoms with Gasteiger partial charge in [0.1, 0.15) is 5.69 Å². The topological polar surface area (TPSA) is 59.3 Å². The van der Waals surface area contributed by atoms with E-state index in [-0.39, 0.29) is 16.9 Å². The van der Waals surface area contributed by atoms with E-state index in [0.29, 0.717) is 12.1 Å². The molecule has 86 valence electrons. The molecule has 0 saturated heterocycles. The van der Waals surface area contributed by atoms with Crippen LogP contribution in [0, 0.1) is 5.41 Å². The van der Waals surface area contributed by atoms with Gasteiger partial charge in [0.05, 0.1) is 0 Å². The first-order valence-electron chi connectivity index (χ1n) is 5.36. The second-order valence-electron chi connectivity index (χ2n) is 4.91. The highest BCUT2D eigenvalue weighted by Gasteiger charge is 2.38. The van der Waals surface area contributed by atoms with E-state index in [1.165, 1.54) is 13.0 Å². The lowest BCUT2D eigenvalue weighted by atomic mass is 10.1. The van der Waals surface area contributed by atoms with Gasteiger partial charge in [-0.25, -0.2) is 4.79 Å². The van der Waals surface area contributed by atoms with Gasteiger partial charge >= 0.3 is 5.97 Å². The van der Waals surface area contributed by atoms with E-state index in [9.17, 15) is 9.59 Å². The Morgan fingerprint density at radius 2 is 2.12 bits per heavy atom. The third kappa shape index (κ3) is 2.01. The van der Waals surface area contributed by atoms with Gasteiger partial charge in [-0.3, -0.25) is 4.79 Å². The highest BCUT2D eigenvalue weighted by atomic mass is 16.4. The summed E-state index contributed by atoms with van der Waals surface area (Å²) in [7, 11) is 0. The van der Waals surface area contributed by atoms with Gasteiger partial charge in [-0.15, -0.1) is 0 Å². The smallest absolute Gasteiger partial charge is 0.352 e. The molecule has 0 amide bonds. The zero-order valence-corrected chi connectivity index (χ0v) is 9.49. The molecule has 1 saturated carbocycles. The first-order chi connectivity index (χ1) is 7.41. The fourth-order valence-corrected chi connectivity index (χ4v) is 1.80. The lowest BCUT2D eigenvalue weighted by molar-refractivity contribution is 0.0683. The highest BCUT2D eigenvalue weighted by molar-refractivity contribution is 5.97. The van der Waals surface area contributed by atoms with Gasteiger partial charge in [0, 0.05) is 18.3 Å². The van der Waals surface area contributed by atoms with Crippen LogP contribution in [0.1, 0.15) is 47.5 Å². The van der Waals surface area contributed by atoms with Crippen LogP contribution in [0.5, 0.6) is 0 Å². The summed E-state index contributed by atoms with van der Waals surface area (Å²) in [6, 6.07) is 1.45. The summed E-state index contributed by atoms with van der Waals surface area (Å²) in [5, 5.41) is 9.05. The van der Waals surface area contributed by atoms with Crippen molar-refractivity contribution in [3.63, 3.8) is 0 Å². The number of aromatic nitrogens is 1. The lowest BCUT2D eigenvalue weighted by Crippen LogP contribution is -2.13. The molecular weight excluding hydrogens is 206 g/mol. The molecule has 4 nitrogen and oxygen atoms in total. The second-order valence-corrected chi connectivity index (χ2v) is 4.91. The zero-order chi connectivity index (χ0) is 11.9. The minimum atomic E-state index is -0.975. The van der Waals surface area contributed by atoms with Crippen LogP contribution < -0.4 is 0 Å². The summed E-state index contributed by atoms with van der Waals surface area (Å²) in [5.41, 5.74) is 0.900. The van der Waals surface area contributed by atoms with Crippen molar-refractivity contribution in [2.24, 2.45) is 5.41 Å². The van der Waals surface area contributed by atoms with Gasteiger partial charge in [-0.1, -0.05) is 6.92 Å². The van der Waals surface area contributed by atoms with Crippen LogP contribution >= 0.6 is 0 Å². The summed E-state index contributed by atoms with van der Waals surface area (Å²) >= 11 is 0. The quantitative estimate of drug-likeness (QED) is 0.793. The second kappa shape index (κ2) is 3.47. The molecule has 16 heavy (non-hydrogen) atoms. The van der Waals surface area contributed by atoms with Crippen molar-refractivity contribution in [1.82, 2.24) is 4.57 Å². The third-order valence-corrected chi connectivity index (χ3v) is 3.18. The molecular formula is C12H15NO3. The summed E-state index contributed by atoms with van der Waals surface area (Å²) in [6.45, 7) is 4.26. The van der Waals surface area contributed by atoms with Crippen molar-refractivity contribution in [2.75, 3.05) is 0 Å². The molecule has 1 N–H and O–H groups in total. The number of carboxylic acid groups (broad SMARTS) is 1. The minimum Gasteiger partial charge on any atom is -0.477 e. The lowest BCUT2D eigenvalue weighted by Gasteiger charge is -2.11. The molecule has 0 spiro atoms. The fourth-order valence-electron chi connectivity index (χ4n) is 1.80. The van der Waals surface area contributed by atoms with Gasteiger partial charge in [0.25, 0.3) is 0 Å². The van der Waals surface area contributed by atoms with Crippen LogP contribution in [0.3, 0.4) is 0 Å². The summed E-state index contributed by atoms with van der Waals surface area (Å²) in [5.74, 6) is -1.07. The van der Waals surface area contributed by atoms with E-state index in [1.54, 1.807) is 10.8 Å². The predicted octanol–water partition coefficient (Wildman–Crippen LogP) is 2.19. The number of nitrogens with zero attached hydrogens (tertiary/aromatic N) is 1. The number of Topliss-reactive ketones (excluding diaryl/α,β-unsaturated/α-hetero) is 1. The normalized spacial score (nSPS) is 17.1. The van der Waals surface area contributed by atoms with E-state index >= 15 is 0 Å². The van der Waals surface area contributed by atoms with Crippen LogP contribution in [0.4, 0.5) is 0 Å². The Morgan fingerprint density at radius 1 is 1.50 bits per heavy atom. The maximum atomic E-state index is 11.2. The molecule has 1 aliphatic carbocycles. The Hall–Kier alpha value is -1.58. The minimum absolute atomic E-state index is 0.0952. The van der Waals surface area contributed by atoms with Crippen molar-refractivity contribution in [3.05, 3.63) is 23.5 Å². The van der Waals surface area contributed by atoms with Gasteiger partial charge in [0.2, 0.25) is 0 Å². The average Bonchev–Trinajstić information content (AvgIpc) is 2.76. The molecule has 0 unspecified atom stereocenters. The molecule has 0 atom stereocenters. The van der Waals surface area contributed by atoms with Crippen molar-refractivity contribution in [3.8, 4) is 0 Å². The number of carboxylic acids is 1. The molecule has 1 fully saturated rings. The van der Waals surface area contributed by atoms with E-state index in [0.717, 1.165) is 12.8 Å². The van der Waals surface area contributed by atoms with Crippen LogP contribution in [0.15, 0.2) is 12.3 Å². The first kappa shape index (κ1) is 10.9. The molecule has 0 bridgehead atoms. The van der Waals surface area contributed by atoms with E-state index in [1.807, 2.05) is 0 Å². The number of ketones is 1. The van der Waals surface area contributed by atoms with Crippen molar-refractivity contribution in [1.29, 1.82) is 0 Å². The van der Waals surface area contributed by atoms with Gasteiger partial charge < -0.3 is 9.67 Å². The predicted molar refractivity (Wildman–Crippen MR) is 58.7 cm³/mol. The molecule has 0 aliphatic heterocycles. The largest absolute Gasteiger partial charge is 0.477 e. The summed E-state index contributed by atoms with van der Waals surface area (Å²) < 4.78 is 1.69. The first-order valence-corrected chi connectivity index (χ1v) is 5.36. The molecule has 4 heteroatoms. The number of carbonyl (C=O) groups excluding carboxylic acids is 1. The Kier molecular flexibility index (Phi) is 2.37. The molecule has 0 aromatic carbocycles. The van der Waals surface area contributed by atoms with Gasteiger partial charge in [-0.05, 0) is 31.2 Å². The number of hydrogen-bond donors (Lipinski definition) is 1. The van der Waals surface area contributed by atoms with Crippen molar-refractivity contribution >= 4 is 11.8 Å². The van der Waals surface area contributed by atoms with Crippen LogP contribution in [0.25, 0.3) is 0 Å². The van der Waals surface area contributed by atoms with Crippen LogP contribution in [-0.4, -0.2) is 21.4 Å². The molecule has 0 radical (unpaired) electrons. The maximum Gasteiger partial charge on any atom is 0.352 e. The zero-order valence-electron chi connectivity index (χ0n) is 9.49. The Balaban J connectivity index is 2.33. The van der Waals surface area contributed by atoms with Crippen molar-refractivity contribution < 1.29 is 14.7 Å². The van der Waals surface area contributed by atoms with E-state index < -0.39 is 5.97 Å². The molecule has 1 heterocycles. The molecule has 1 aromatic heterocycles. The highest BCUT2D eigenvalue weighted by Crippen LogP contribution is 2.46. The molecule has 2 rings (SSSR count). The fraction of sp³-hybridized carbons (Fsp3) is 0.500. The van der Waals surface area contributed by atoms with E-state index in [2.05, 4.69) is 6.92 Å². The SMILES string of the molecule is CC(=O)c1cc(C(=O)O)n(CC2(C)CC2)c1. The standard InChI is InChI=1S/C12H15NO3/c1-8(14)9-5-10(11(15)16)13(6-9)7-12(2)3-4-12/h5-6H,3-4,7H2,1-2H3,(H,15,16). The Labute approximate surface area is 93.9 Å². The van der Waals surface area contributed by atoms with Crippen LogP contribution in [0.2, 0.25) is 0 Å². The summed E-state index contributed by atoms with van der Waals surface area (Å²) in [6.07, 6.45) is 3.90. The number of aromatic carboxylic acids is 1. The van der Waals surface area contributed by atoms with Gasteiger partial charge in [-0.2, -0.15) is 0 Å². The van der Waals surface area contributed by atoms with Crippen molar-refractivity contribution in [2.45, 2.75) is 33.2 Å². The molecule has 1 aliphatic rings.